The Bertz CT molecular complexity index is 161. The summed E-state index contributed by atoms with van der Waals surface area (Å²) in [5.74, 6) is 0.884. The van der Waals surface area contributed by atoms with Gasteiger partial charge in [0.1, 0.15) is 0 Å². The predicted octanol–water partition coefficient (Wildman–Crippen LogP) is 5.77. The Morgan fingerprint density at radius 3 is 1.33 bits per heavy atom. The Morgan fingerprint density at radius 2 is 1.33 bits per heavy atom. The Hall–Kier alpha value is -0.780. The van der Waals surface area contributed by atoms with Crippen LogP contribution in [-0.4, -0.2) is 0 Å². The van der Waals surface area contributed by atoms with E-state index in [0.29, 0.717) is 0 Å². The van der Waals surface area contributed by atoms with Crippen LogP contribution in [0.4, 0.5) is 0 Å². The number of allylic oxidation sites excluding steroid dienone is 3. The number of hydrogen-bond acceptors (Lipinski definition) is 0. The van der Waals surface area contributed by atoms with E-state index < -0.39 is 0 Å². The second-order valence-electron chi connectivity index (χ2n) is 4.16. The average Bonchev–Trinajstić information content (AvgIpc) is 2.19. The van der Waals surface area contributed by atoms with Gasteiger partial charge in [0.25, 0.3) is 0 Å². The zero-order chi connectivity index (χ0) is 12.9. The molecule has 0 saturated carbocycles. The van der Waals surface area contributed by atoms with Gasteiger partial charge in [-0.1, -0.05) is 64.5 Å². The van der Waals surface area contributed by atoms with E-state index in [1.807, 2.05) is 13.8 Å². The van der Waals surface area contributed by atoms with E-state index in [4.69, 9.17) is 0 Å². The second kappa shape index (κ2) is 15.7. The molecule has 0 fully saturated rings. The van der Waals surface area contributed by atoms with Gasteiger partial charge in [0.05, 0.1) is 0 Å². The van der Waals surface area contributed by atoms with Gasteiger partial charge in [-0.3, -0.25) is 0 Å². The van der Waals surface area contributed by atoms with Crippen LogP contribution in [0.15, 0.2) is 37.0 Å². The third kappa shape index (κ3) is 61.1. The first-order valence-electron chi connectivity index (χ1n) is 5.73. The zero-order valence-electron chi connectivity index (χ0n) is 11.7. The van der Waals surface area contributed by atoms with Crippen LogP contribution in [0.2, 0.25) is 0 Å². The van der Waals surface area contributed by atoms with Crippen LogP contribution in [0.5, 0.6) is 0 Å². The molecule has 0 aliphatic rings. The summed E-state index contributed by atoms with van der Waals surface area (Å²) in [6, 6.07) is 0. The molecule has 0 nitrogen and oxygen atoms in total. The van der Waals surface area contributed by atoms with Gasteiger partial charge in [0, 0.05) is 0 Å². The third-order valence-electron chi connectivity index (χ3n) is 1.77. The summed E-state index contributed by atoms with van der Waals surface area (Å²) < 4.78 is 0. The van der Waals surface area contributed by atoms with E-state index in [1.165, 1.54) is 12.0 Å². The SMILES string of the molecule is C=C(C)CC.C=CC(=C)C.CCC(C)C. The molecular formula is C15H30. The molecule has 0 aromatic heterocycles. The van der Waals surface area contributed by atoms with Crippen LogP contribution in [0.1, 0.15) is 54.4 Å². The van der Waals surface area contributed by atoms with Crippen LogP contribution in [0.3, 0.4) is 0 Å². The first-order chi connectivity index (χ1) is 6.81. The number of rotatable bonds is 3. The molecule has 0 bridgehead atoms. The monoisotopic (exact) mass is 210 g/mol. The van der Waals surface area contributed by atoms with Crippen molar-refractivity contribution < 1.29 is 0 Å². The zero-order valence-corrected chi connectivity index (χ0v) is 11.7. The Labute approximate surface area is 97.8 Å². The topological polar surface area (TPSA) is 0 Å². The van der Waals surface area contributed by atoms with Crippen LogP contribution in [-0.2, 0) is 0 Å². The highest BCUT2D eigenvalue weighted by Gasteiger charge is 1.80. The van der Waals surface area contributed by atoms with Crippen molar-refractivity contribution in [2.75, 3.05) is 0 Å². The van der Waals surface area contributed by atoms with Gasteiger partial charge in [-0.25, -0.2) is 0 Å². The van der Waals surface area contributed by atoms with Crippen molar-refractivity contribution in [2.24, 2.45) is 5.92 Å². The molecular weight excluding hydrogens is 180 g/mol. The normalized spacial score (nSPS) is 7.93. The Morgan fingerprint density at radius 1 is 1.13 bits per heavy atom. The Balaban J connectivity index is -0.000000144. The van der Waals surface area contributed by atoms with Crippen LogP contribution < -0.4 is 0 Å². The molecule has 0 rings (SSSR count). The van der Waals surface area contributed by atoms with E-state index in [2.05, 4.69) is 47.4 Å². The van der Waals surface area contributed by atoms with Crippen molar-refractivity contribution in [3.05, 3.63) is 37.0 Å². The molecule has 0 unspecified atom stereocenters. The lowest BCUT2D eigenvalue weighted by molar-refractivity contribution is 0.626. The van der Waals surface area contributed by atoms with Crippen molar-refractivity contribution >= 4 is 0 Å². The average molecular weight is 210 g/mol. The smallest absolute Gasteiger partial charge is 0.0354 e. The molecule has 0 atom stereocenters. The lowest BCUT2D eigenvalue weighted by Gasteiger charge is -1.90. The molecule has 15 heavy (non-hydrogen) atoms. The highest BCUT2D eigenvalue weighted by molar-refractivity contribution is 5.05. The van der Waals surface area contributed by atoms with E-state index in [-0.39, 0.29) is 0 Å². The van der Waals surface area contributed by atoms with E-state index in [0.717, 1.165) is 17.9 Å². The molecule has 0 aromatic carbocycles. The van der Waals surface area contributed by atoms with E-state index in [9.17, 15) is 0 Å². The summed E-state index contributed by atoms with van der Waals surface area (Å²) in [6.07, 6.45) is 4.14. The molecule has 0 aromatic rings. The predicted molar refractivity (Wildman–Crippen MR) is 75.2 cm³/mol. The van der Waals surface area contributed by atoms with E-state index >= 15 is 0 Å². The highest BCUT2D eigenvalue weighted by atomic mass is 13.9. The van der Waals surface area contributed by atoms with Crippen molar-refractivity contribution in [3.8, 4) is 0 Å². The fourth-order valence-electron chi connectivity index (χ4n) is 0. The highest BCUT2D eigenvalue weighted by Crippen LogP contribution is 1.93. The summed E-state index contributed by atoms with van der Waals surface area (Å²) in [4.78, 5) is 0. The lowest BCUT2D eigenvalue weighted by Crippen LogP contribution is -1.77. The summed E-state index contributed by atoms with van der Waals surface area (Å²) in [7, 11) is 0. The lowest BCUT2D eigenvalue weighted by atomic mass is 10.2. The number of hydrogen-bond donors (Lipinski definition) is 0. The van der Waals surface area contributed by atoms with Gasteiger partial charge in [-0.05, 0) is 26.2 Å². The van der Waals surface area contributed by atoms with Crippen molar-refractivity contribution in [2.45, 2.75) is 54.4 Å². The Kier molecular flexibility index (Phi) is 20.6. The summed E-state index contributed by atoms with van der Waals surface area (Å²) in [6.45, 7) is 23.4. The maximum absolute atomic E-state index is 3.67. The minimum Gasteiger partial charge on any atom is -0.100 e. The van der Waals surface area contributed by atoms with Gasteiger partial charge in [0.2, 0.25) is 0 Å². The molecule has 0 amide bonds. The molecule has 0 spiro atoms. The third-order valence-corrected chi connectivity index (χ3v) is 1.77. The molecule has 90 valence electrons. The quantitative estimate of drug-likeness (QED) is 0.409. The molecule has 0 radical (unpaired) electrons. The van der Waals surface area contributed by atoms with Crippen molar-refractivity contribution in [3.63, 3.8) is 0 Å². The van der Waals surface area contributed by atoms with Gasteiger partial charge in [0.15, 0.2) is 0 Å². The molecule has 0 heterocycles. The maximum Gasteiger partial charge on any atom is -0.0354 e. The van der Waals surface area contributed by atoms with Crippen LogP contribution >= 0.6 is 0 Å². The van der Waals surface area contributed by atoms with Gasteiger partial charge in [-0.2, -0.15) is 0 Å². The summed E-state index contributed by atoms with van der Waals surface area (Å²) in [5, 5.41) is 0. The molecule has 0 heteroatoms. The molecule has 0 N–H and O–H groups in total. The van der Waals surface area contributed by atoms with Crippen molar-refractivity contribution in [1.29, 1.82) is 0 Å². The van der Waals surface area contributed by atoms with Gasteiger partial charge in [-0.15, -0.1) is 6.58 Å². The fourth-order valence-corrected chi connectivity index (χ4v) is 0. The molecule has 0 aliphatic carbocycles. The van der Waals surface area contributed by atoms with E-state index in [1.54, 1.807) is 6.08 Å². The largest absolute Gasteiger partial charge is 0.100 e. The summed E-state index contributed by atoms with van der Waals surface area (Å²) in [5.41, 5.74) is 2.27. The van der Waals surface area contributed by atoms with Gasteiger partial charge >= 0.3 is 0 Å². The van der Waals surface area contributed by atoms with Crippen molar-refractivity contribution in [1.82, 2.24) is 0 Å². The standard InChI is InChI=1S/C5H12.C5H10.C5H8/c3*1-4-5(2)3/h5H,4H2,1-3H3;2,4H2,1,3H3;4H,1-2H2,3H3. The minimum atomic E-state index is 0.884. The second-order valence-corrected chi connectivity index (χ2v) is 4.16. The van der Waals surface area contributed by atoms with Crippen LogP contribution in [0, 0.1) is 5.92 Å². The minimum absolute atomic E-state index is 0.884. The maximum atomic E-state index is 3.67. The first kappa shape index (κ1) is 19.7. The van der Waals surface area contributed by atoms with Crippen LogP contribution in [0.25, 0.3) is 0 Å². The molecule has 0 aliphatic heterocycles. The first-order valence-corrected chi connectivity index (χ1v) is 5.73. The summed E-state index contributed by atoms with van der Waals surface area (Å²) >= 11 is 0. The molecule has 0 saturated heterocycles. The van der Waals surface area contributed by atoms with Gasteiger partial charge < -0.3 is 0 Å². The fraction of sp³-hybridized carbons (Fsp3) is 0.600.